The molecule has 1 amide bonds. The second kappa shape index (κ2) is 5.07. The lowest BCUT2D eigenvalue weighted by Gasteiger charge is -2.08. The highest BCUT2D eigenvalue weighted by Gasteiger charge is 2.18. The topological polar surface area (TPSA) is 38.3 Å². The van der Waals surface area contributed by atoms with Crippen LogP contribution in [0.25, 0.3) is 0 Å². The summed E-state index contributed by atoms with van der Waals surface area (Å²) in [6.45, 7) is 1.38. The second-order valence-corrected chi connectivity index (χ2v) is 3.99. The first-order valence-electron chi connectivity index (χ1n) is 5.37. The molecule has 0 saturated carbocycles. The minimum atomic E-state index is -0.345. The number of anilines is 1. The van der Waals surface area contributed by atoms with Crippen molar-refractivity contribution in [3.63, 3.8) is 0 Å². The average molecular weight is 223 g/mol. The highest BCUT2D eigenvalue weighted by atomic mass is 19.1. The molecule has 1 saturated heterocycles. The van der Waals surface area contributed by atoms with Gasteiger partial charge in [-0.25, -0.2) is 4.39 Å². The normalized spacial score (nSPS) is 19.7. The van der Waals surface area contributed by atoms with Crippen molar-refractivity contribution in [1.82, 2.24) is 0 Å². The summed E-state index contributed by atoms with van der Waals surface area (Å²) in [5.74, 6) is -0.128. The molecule has 86 valence electrons. The number of rotatable bonds is 3. The predicted octanol–water partition coefficient (Wildman–Crippen LogP) is 2.19. The summed E-state index contributed by atoms with van der Waals surface area (Å²) in [6, 6.07) is 5.90. The molecule has 1 aromatic rings. The van der Waals surface area contributed by atoms with Gasteiger partial charge in [0.25, 0.3) is 0 Å². The summed E-state index contributed by atoms with van der Waals surface area (Å²) >= 11 is 0. The maximum Gasteiger partial charge on any atom is 0.224 e. The number of hydrogen-bond acceptors (Lipinski definition) is 2. The summed E-state index contributed by atoms with van der Waals surface area (Å²) in [5, 5.41) is 2.68. The lowest BCUT2D eigenvalue weighted by Crippen LogP contribution is -2.16. The van der Waals surface area contributed by atoms with E-state index in [-0.39, 0.29) is 11.7 Å². The van der Waals surface area contributed by atoms with Gasteiger partial charge in [0.2, 0.25) is 5.91 Å². The first kappa shape index (κ1) is 11.1. The molecule has 0 spiro atoms. The third-order valence-corrected chi connectivity index (χ3v) is 2.61. The molecule has 3 nitrogen and oxygen atoms in total. The van der Waals surface area contributed by atoms with Gasteiger partial charge in [-0.2, -0.15) is 0 Å². The van der Waals surface area contributed by atoms with Crippen LogP contribution in [0.3, 0.4) is 0 Å². The van der Waals surface area contributed by atoms with Crippen molar-refractivity contribution in [3.8, 4) is 0 Å². The van der Waals surface area contributed by atoms with Crippen molar-refractivity contribution < 1.29 is 13.9 Å². The Balaban J connectivity index is 1.86. The van der Waals surface area contributed by atoms with Gasteiger partial charge >= 0.3 is 0 Å². The molecule has 1 fully saturated rings. The molecular weight excluding hydrogens is 209 g/mol. The van der Waals surface area contributed by atoms with E-state index < -0.39 is 0 Å². The zero-order chi connectivity index (χ0) is 11.4. The Morgan fingerprint density at radius 3 is 3.12 bits per heavy atom. The Kier molecular flexibility index (Phi) is 3.51. The third kappa shape index (κ3) is 3.03. The lowest BCUT2D eigenvalue weighted by atomic mass is 10.0. The van der Waals surface area contributed by atoms with E-state index in [1.54, 1.807) is 12.1 Å². The molecule has 0 radical (unpaired) electrons. The Hall–Kier alpha value is -1.42. The van der Waals surface area contributed by atoms with Gasteiger partial charge in [-0.05, 0) is 30.5 Å². The van der Waals surface area contributed by atoms with Crippen LogP contribution in [0.15, 0.2) is 24.3 Å². The van der Waals surface area contributed by atoms with Gasteiger partial charge < -0.3 is 10.1 Å². The van der Waals surface area contributed by atoms with Crippen LogP contribution < -0.4 is 5.32 Å². The Morgan fingerprint density at radius 2 is 2.44 bits per heavy atom. The zero-order valence-electron chi connectivity index (χ0n) is 8.91. The maximum absolute atomic E-state index is 12.9. The SMILES string of the molecule is O=C(C[C@H]1CCOC1)Nc1cccc(F)c1. The number of ether oxygens (including phenoxy) is 1. The standard InChI is InChI=1S/C12H14FNO2/c13-10-2-1-3-11(7-10)14-12(15)6-9-4-5-16-8-9/h1-3,7,9H,4-6,8H2,(H,14,15)/t9-/m1/s1. The van der Waals surface area contributed by atoms with Gasteiger partial charge in [-0.15, -0.1) is 0 Å². The van der Waals surface area contributed by atoms with Crippen LogP contribution in [0, 0.1) is 11.7 Å². The minimum absolute atomic E-state index is 0.0823. The smallest absolute Gasteiger partial charge is 0.224 e. The van der Waals surface area contributed by atoms with Crippen LogP contribution in [0.2, 0.25) is 0 Å². The molecule has 0 unspecified atom stereocenters. The van der Waals surface area contributed by atoms with Crippen LogP contribution in [-0.4, -0.2) is 19.1 Å². The number of amides is 1. The van der Waals surface area contributed by atoms with Crippen molar-refractivity contribution in [3.05, 3.63) is 30.1 Å². The molecular formula is C12H14FNO2. The van der Waals surface area contributed by atoms with E-state index in [4.69, 9.17) is 4.74 Å². The van der Waals surface area contributed by atoms with Gasteiger partial charge in [0.15, 0.2) is 0 Å². The fraction of sp³-hybridized carbons (Fsp3) is 0.417. The van der Waals surface area contributed by atoms with Crippen molar-refractivity contribution in [2.45, 2.75) is 12.8 Å². The number of benzene rings is 1. The summed E-state index contributed by atoms with van der Waals surface area (Å²) in [4.78, 5) is 11.6. The van der Waals surface area contributed by atoms with Crippen LogP contribution >= 0.6 is 0 Å². The molecule has 1 aromatic carbocycles. The number of halogens is 1. The Bertz CT molecular complexity index is 375. The van der Waals surface area contributed by atoms with E-state index in [9.17, 15) is 9.18 Å². The van der Waals surface area contributed by atoms with E-state index >= 15 is 0 Å². The van der Waals surface area contributed by atoms with Gasteiger partial charge in [-0.1, -0.05) is 6.07 Å². The van der Waals surface area contributed by atoms with Gasteiger partial charge in [0.1, 0.15) is 5.82 Å². The first-order valence-corrected chi connectivity index (χ1v) is 5.37. The number of nitrogens with one attached hydrogen (secondary N) is 1. The van der Waals surface area contributed by atoms with E-state index in [1.165, 1.54) is 12.1 Å². The Morgan fingerprint density at radius 1 is 1.56 bits per heavy atom. The van der Waals surface area contributed by atoms with Crippen molar-refractivity contribution in [2.24, 2.45) is 5.92 Å². The highest BCUT2D eigenvalue weighted by Crippen LogP contribution is 2.17. The lowest BCUT2D eigenvalue weighted by molar-refractivity contribution is -0.117. The largest absolute Gasteiger partial charge is 0.381 e. The van der Waals surface area contributed by atoms with Gasteiger partial charge in [-0.3, -0.25) is 4.79 Å². The summed E-state index contributed by atoms with van der Waals surface area (Å²) in [6.07, 6.45) is 1.37. The summed E-state index contributed by atoms with van der Waals surface area (Å²) in [5.41, 5.74) is 0.504. The molecule has 16 heavy (non-hydrogen) atoms. The summed E-state index contributed by atoms with van der Waals surface area (Å²) in [7, 11) is 0. The quantitative estimate of drug-likeness (QED) is 0.853. The monoisotopic (exact) mass is 223 g/mol. The molecule has 0 aliphatic carbocycles. The predicted molar refractivity (Wildman–Crippen MR) is 58.6 cm³/mol. The minimum Gasteiger partial charge on any atom is -0.381 e. The molecule has 1 aliphatic rings. The number of carbonyl (C=O) groups excluding carboxylic acids is 1. The van der Waals surface area contributed by atoms with Crippen LogP contribution in [0.4, 0.5) is 10.1 Å². The molecule has 1 atom stereocenters. The molecule has 1 aliphatic heterocycles. The van der Waals surface area contributed by atoms with Crippen molar-refractivity contribution in [2.75, 3.05) is 18.5 Å². The zero-order valence-corrected chi connectivity index (χ0v) is 8.91. The number of hydrogen-bond donors (Lipinski definition) is 1. The second-order valence-electron chi connectivity index (χ2n) is 3.99. The third-order valence-electron chi connectivity index (χ3n) is 2.61. The van der Waals surface area contributed by atoms with Crippen LogP contribution in [-0.2, 0) is 9.53 Å². The van der Waals surface area contributed by atoms with Crippen LogP contribution in [0.5, 0.6) is 0 Å². The molecule has 1 N–H and O–H groups in total. The molecule has 2 rings (SSSR count). The average Bonchev–Trinajstić information content (AvgIpc) is 2.70. The van der Waals surface area contributed by atoms with Gasteiger partial charge in [0.05, 0.1) is 0 Å². The number of carbonyl (C=O) groups is 1. The van der Waals surface area contributed by atoms with Crippen molar-refractivity contribution >= 4 is 11.6 Å². The van der Waals surface area contributed by atoms with E-state index in [0.717, 1.165) is 13.0 Å². The molecule has 4 heteroatoms. The fourth-order valence-electron chi connectivity index (χ4n) is 1.78. The van der Waals surface area contributed by atoms with E-state index in [1.807, 2.05) is 0 Å². The van der Waals surface area contributed by atoms with Gasteiger partial charge in [0, 0.05) is 25.3 Å². The maximum atomic E-state index is 12.9. The van der Waals surface area contributed by atoms with E-state index in [0.29, 0.717) is 24.6 Å². The summed E-state index contributed by atoms with van der Waals surface area (Å²) < 4.78 is 18.0. The first-order chi connectivity index (χ1) is 7.74. The van der Waals surface area contributed by atoms with E-state index in [2.05, 4.69) is 5.32 Å². The highest BCUT2D eigenvalue weighted by molar-refractivity contribution is 5.90. The Labute approximate surface area is 93.6 Å². The van der Waals surface area contributed by atoms with Crippen LogP contribution in [0.1, 0.15) is 12.8 Å². The molecule has 1 heterocycles. The molecule has 0 bridgehead atoms. The fourth-order valence-corrected chi connectivity index (χ4v) is 1.78. The van der Waals surface area contributed by atoms with Crippen molar-refractivity contribution in [1.29, 1.82) is 0 Å². The molecule has 0 aromatic heterocycles.